The molecule has 1 aromatic heterocycles. The number of ether oxygens (including phenoxy) is 3. The van der Waals surface area contributed by atoms with Gasteiger partial charge in [0.25, 0.3) is 0 Å². The van der Waals surface area contributed by atoms with Gasteiger partial charge in [-0.05, 0) is 48.7 Å². The van der Waals surface area contributed by atoms with Crippen LogP contribution in [0.15, 0.2) is 60.7 Å². The van der Waals surface area contributed by atoms with Gasteiger partial charge in [-0.15, -0.1) is 5.10 Å². The van der Waals surface area contributed by atoms with E-state index >= 15 is 0 Å². The summed E-state index contributed by atoms with van der Waals surface area (Å²) in [6.45, 7) is 6.98. The zero-order valence-corrected chi connectivity index (χ0v) is 23.8. The Kier molecular flexibility index (Phi) is 10.4. The summed E-state index contributed by atoms with van der Waals surface area (Å²) in [5, 5.41) is 14.8. The smallest absolute Gasteiger partial charge is 0.409 e. The van der Waals surface area contributed by atoms with Crippen molar-refractivity contribution in [1.82, 2.24) is 30.4 Å². The summed E-state index contributed by atoms with van der Waals surface area (Å²) in [5.74, 6) is -0.00424. The van der Waals surface area contributed by atoms with Crippen LogP contribution in [0.2, 0.25) is 0 Å². The number of rotatable bonds is 13. The number of benzene rings is 2. The van der Waals surface area contributed by atoms with E-state index < -0.39 is 17.7 Å². The first-order valence-electron chi connectivity index (χ1n) is 13.8. The number of nitrogens with zero attached hydrogens (tertiary/aromatic N) is 5. The average Bonchev–Trinajstić information content (AvgIpc) is 3.63. The van der Waals surface area contributed by atoms with E-state index in [1.54, 1.807) is 18.7 Å². The molecule has 12 heteroatoms. The fourth-order valence-corrected chi connectivity index (χ4v) is 4.42. The molecule has 220 valence electrons. The van der Waals surface area contributed by atoms with Gasteiger partial charge in [-0.1, -0.05) is 60.7 Å². The van der Waals surface area contributed by atoms with E-state index in [1.807, 2.05) is 67.6 Å². The maximum atomic E-state index is 12.7. The molecule has 0 saturated carbocycles. The quantitative estimate of drug-likeness (QED) is 0.319. The SMILES string of the molecule is CC(O[C@@H]1CCN(C(=O)OCCn2nnnc2[C@@H](COCc2ccccc2)NC(=O)C(C)(C)N)C1)c1ccccc1. The van der Waals surface area contributed by atoms with E-state index in [0.29, 0.717) is 25.5 Å². The van der Waals surface area contributed by atoms with E-state index in [0.717, 1.165) is 17.5 Å². The molecule has 1 aliphatic heterocycles. The number of aromatic nitrogens is 4. The van der Waals surface area contributed by atoms with Gasteiger partial charge in [-0.3, -0.25) is 4.79 Å². The third-order valence-corrected chi connectivity index (χ3v) is 6.76. The lowest BCUT2D eigenvalue weighted by Gasteiger charge is -2.24. The molecule has 1 aliphatic rings. The number of hydrogen-bond donors (Lipinski definition) is 2. The lowest BCUT2D eigenvalue weighted by molar-refractivity contribution is -0.126. The van der Waals surface area contributed by atoms with Gasteiger partial charge in [-0.25, -0.2) is 9.48 Å². The lowest BCUT2D eigenvalue weighted by Crippen LogP contribution is -2.51. The Morgan fingerprint density at radius 3 is 2.54 bits per heavy atom. The fourth-order valence-electron chi connectivity index (χ4n) is 4.42. The molecule has 1 saturated heterocycles. The lowest BCUT2D eigenvalue weighted by atomic mass is 10.1. The molecule has 3 aromatic rings. The van der Waals surface area contributed by atoms with Crippen molar-refractivity contribution in [3.8, 4) is 0 Å². The molecule has 2 aromatic carbocycles. The molecular weight excluding hydrogens is 526 g/mol. The highest BCUT2D eigenvalue weighted by Crippen LogP contribution is 2.23. The van der Waals surface area contributed by atoms with Crippen LogP contribution >= 0.6 is 0 Å². The monoisotopic (exact) mass is 565 g/mol. The summed E-state index contributed by atoms with van der Waals surface area (Å²) in [4.78, 5) is 27.1. The third-order valence-electron chi connectivity index (χ3n) is 6.76. The molecule has 12 nitrogen and oxygen atoms in total. The van der Waals surface area contributed by atoms with Gasteiger partial charge in [-0.2, -0.15) is 0 Å². The van der Waals surface area contributed by atoms with Gasteiger partial charge >= 0.3 is 6.09 Å². The summed E-state index contributed by atoms with van der Waals surface area (Å²) in [5.41, 5.74) is 6.98. The van der Waals surface area contributed by atoms with Crippen LogP contribution in [-0.4, -0.2) is 75.1 Å². The third kappa shape index (κ3) is 8.81. The van der Waals surface area contributed by atoms with Crippen LogP contribution in [0, 0.1) is 0 Å². The number of tetrazole rings is 1. The summed E-state index contributed by atoms with van der Waals surface area (Å²) < 4.78 is 19.1. The maximum absolute atomic E-state index is 12.7. The largest absolute Gasteiger partial charge is 0.447 e. The second-order valence-electron chi connectivity index (χ2n) is 10.7. The molecule has 3 N–H and O–H groups in total. The standard InChI is InChI=1S/C29H39N7O5/c1-21(23-12-8-5-9-13-23)41-24-14-15-35(18-24)28(38)40-17-16-36-26(32-33-34-36)25(31-27(37)29(2,3)30)20-39-19-22-10-6-4-7-11-22/h4-13,21,24-25H,14-20,30H2,1-3H3,(H,31,37)/t21?,24-,25-/m1/s1. The first kappa shape index (κ1) is 30.1. The zero-order chi connectivity index (χ0) is 29.2. The van der Waals surface area contributed by atoms with Crippen LogP contribution in [0.1, 0.15) is 56.3 Å². The number of hydrogen-bond acceptors (Lipinski definition) is 9. The Hall–Kier alpha value is -3.87. The minimum absolute atomic E-state index is 0.0488. The van der Waals surface area contributed by atoms with Crippen molar-refractivity contribution in [3.05, 3.63) is 77.6 Å². The Bertz CT molecular complexity index is 1250. The van der Waals surface area contributed by atoms with Crippen molar-refractivity contribution in [2.24, 2.45) is 5.73 Å². The van der Waals surface area contributed by atoms with Crippen molar-refractivity contribution in [3.63, 3.8) is 0 Å². The molecule has 1 fully saturated rings. The number of carbonyl (C=O) groups is 2. The number of nitrogens with one attached hydrogen (secondary N) is 1. The first-order chi connectivity index (χ1) is 19.7. The van der Waals surface area contributed by atoms with E-state index in [-0.39, 0.29) is 37.9 Å². The fraction of sp³-hybridized carbons (Fsp3) is 0.483. The summed E-state index contributed by atoms with van der Waals surface area (Å²) in [6.07, 6.45) is 0.200. The molecule has 0 bridgehead atoms. The number of likely N-dealkylation sites (tertiary alicyclic amines) is 1. The average molecular weight is 566 g/mol. The molecule has 0 aliphatic carbocycles. The molecule has 2 heterocycles. The molecule has 3 atom stereocenters. The van der Waals surface area contributed by atoms with E-state index in [9.17, 15) is 9.59 Å². The van der Waals surface area contributed by atoms with Crippen molar-refractivity contribution in [1.29, 1.82) is 0 Å². The van der Waals surface area contributed by atoms with Gasteiger partial charge in [0.15, 0.2) is 5.82 Å². The highest BCUT2D eigenvalue weighted by Gasteiger charge is 2.30. The summed E-state index contributed by atoms with van der Waals surface area (Å²) in [7, 11) is 0. The Morgan fingerprint density at radius 2 is 1.83 bits per heavy atom. The summed E-state index contributed by atoms with van der Waals surface area (Å²) >= 11 is 0. The molecule has 4 rings (SSSR count). The molecule has 0 spiro atoms. The Morgan fingerprint density at radius 1 is 1.12 bits per heavy atom. The first-order valence-corrected chi connectivity index (χ1v) is 13.8. The molecule has 0 radical (unpaired) electrons. The highest BCUT2D eigenvalue weighted by molar-refractivity contribution is 5.85. The molecular formula is C29H39N7O5. The van der Waals surface area contributed by atoms with E-state index in [4.69, 9.17) is 19.9 Å². The van der Waals surface area contributed by atoms with Crippen molar-refractivity contribution in [2.45, 2.75) is 64.1 Å². The zero-order valence-electron chi connectivity index (χ0n) is 23.8. The van der Waals surface area contributed by atoms with Gasteiger partial charge in [0.05, 0.1) is 44.1 Å². The number of amides is 2. The highest BCUT2D eigenvalue weighted by atomic mass is 16.6. The predicted octanol–water partition coefficient (Wildman–Crippen LogP) is 2.77. The Balaban J connectivity index is 1.29. The topological polar surface area (TPSA) is 147 Å². The number of carbonyl (C=O) groups excluding carboxylic acids is 2. The van der Waals surface area contributed by atoms with Crippen LogP contribution in [0.25, 0.3) is 0 Å². The van der Waals surface area contributed by atoms with Crippen molar-refractivity contribution < 1.29 is 23.8 Å². The number of nitrogens with two attached hydrogens (primary N) is 1. The van der Waals surface area contributed by atoms with Gasteiger partial charge in [0, 0.05) is 6.54 Å². The van der Waals surface area contributed by atoms with Crippen LogP contribution in [0.3, 0.4) is 0 Å². The van der Waals surface area contributed by atoms with E-state index in [1.165, 1.54) is 4.68 Å². The maximum Gasteiger partial charge on any atom is 0.409 e. The molecule has 2 amide bonds. The minimum atomic E-state index is -1.11. The second kappa shape index (κ2) is 14.2. The minimum Gasteiger partial charge on any atom is -0.447 e. The van der Waals surface area contributed by atoms with E-state index in [2.05, 4.69) is 20.8 Å². The van der Waals surface area contributed by atoms with Crippen molar-refractivity contribution >= 4 is 12.0 Å². The normalized spacial score (nSPS) is 16.8. The molecule has 1 unspecified atom stereocenters. The Labute approximate surface area is 240 Å². The van der Waals surface area contributed by atoms with Crippen LogP contribution in [-0.2, 0) is 32.2 Å². The van der Waals surface area contributed by atoms with Crippen LogP contribution in [0.4, 0.5) is 4.79 Å². The van der Waals surface area contributed by atoms with Gasteiger partial charge in [0.2, 0.25) is 5.91 Å². The van der Waals surface area contributed by atoms with Gasteiger partial charge in [0.1, 0.15) is 12.6 Å². The van der Waals surface area contributed by atoms with Crippen LogP contribution in [0.5, 0.6) is 0 Å². The molecule has 41 heavy (non-hydrogen) atoms. The van der Waals surface area contributed by atoms with Gasteiger partial charge < -0.3 is 30.2 Å². The van der Waals surface area contributed by atoms with Crippen molar-refractivity contribution in [2.75, 3.05) is 26.3 Å². The summed E-state index contributed by atoms with van der Waals surface area (Å²) in [6, 6.07) is 19.0. The van der Waals surface area contributed by atoms with Crippen LogP contribution < -0.4 is 11.1 Å². The predicted molar refractivity (Wildman–Crippen MR) is 150 cm³/mol. The second-order valence-corrected chi connectivity index (χ2v) is 10.7.